The predicted octanol–water partition coefficient (Wildman–Crippen LogP) is 3.56. The van der Waals surface area contributed by atoms with E-state index in [1.54, 1.807) is 38.5 Å². The molecule has 150 valence electrons. The van der Waals surface area contributed by atoms with Gasteiger partial charge in [-0.2, -0.15) is 21.0 Å². The molecular weight excluding hydrogens is 400 g/mol. The summed E-state index contributed by atoms with van der Waals surface area (Å²) in [6, 6.07) is 22.4. The number of ether oxygens (including phenoxy) is 2. The molecule has 4 aromatic carbocycles. The molecular formula is C26H14N4O2. The Hall–Kier alpha value is -5.04. The van der Waals surface area contributed by atoms with Crippen molar-refractivity contribution in [2.45, 2.75) is 0 Å². The SMILES string of the molecule is COc1cc2cc3c(=C(C#N)C#N)c4ccccc4c(=C(C#N)C#N)c3cc2cc1OC. The summed E-state index contributed by atoms with van der Waals surface area (Å²) in [7, 11) is 3.08. The number of rotatable bonds is 2. The molecule has 0 bridgehead atoms. The lowest BCUT2D eigenvalue weighted by Crippen LogP contribution is -2.18. The summed E-state index contributed by atoms with van der Waals surface area (Å²) in [5, 5.41) is 43.7. The molecule has 0 amide bonds. The molecule has 0 saturated carbocycles. The molecule has 4 aromatic rings. The van der Waals surface area contributed by atoms with Crippen molar-refractivity contribution in [3.05, 3.63) is 59.0 Å². The van der Waals surface area contributed by atoms with Crippen molar-refractivity contribution in [1.29, 1.82) is 21.0 Å². The third kappa shape index (κ3) is 2.93. The van der Waals surface area contributed by atoms with E-state index in [1.165, 1.54) is 0 Å². The zero-order valence-electron chi connectivity index (χ0n) is 17.2. The summed E-state index contributed by atoms with van der Waals surface area (Å²) < 4.78 is 10.8. The highest BCUT2D eigenvalue weighted by Gasteiger charge is 2.15. The van der Waals surface area contributed by atoms with E-state index in [0.717, 1.165) is 10.8 Å². The molecule has 0 aliphatic rings. The predicted molar refractivity (Wildman–Crippen MR) is 121 cm³/mol. The van der Waals surface area contributed by atoms with Crippen molar-refractivity contribution in [2.24, 2.45) is 0 Å². The van der Waals surface area contributed by atoms with Gasteiger partial charge in [0.2, 0.25) is 0 Å². The lowest BCUT2D eigenvalue weighted by Gasteiger charge is -2.12. The normalized spacial score (nSPS) is 10.1. The monoisotopic (exact) mass is 414 g/mol. The Labute approximate surface area is 183 Å². The van der Waals surface area contributed by atoms with E-state index in [1.807, 2.05) is 48.5 Å². The fourth-order valence-electron chi connectivity index (χ4n) is 4.06. The van der Waals surface area contributed by atoms with Crippen molar-refractivity contribution in [1.82, 2.24) is 0 Å². The van der Waals surface area contributed by atoms with Gasteiger partial charge in [0, 0.05) is 10.4 Å². The van der Waals surface area contributed by atoms with E-state index >= 15 is 0 Å². The Bertz CT molecular complexity index is 1580. The largest absolute Gasteiger partial charge is 0.493 e. The summed E-state index contributed by atoms with van der Waals surface area (Å²) >= 11 is 0. The van der Waals surface area contributed by atoms with E-state index in [-0.39, 0.29) is 11.1 Å². The van der Waals surface area contributed by atoms with Crippen LogP contribution in [0.5, 0.6) is 11.5 Å². The fourth-order valence-corrected chi connectivity index (χ4v) is 4.06. The van der Waals surface area contributed by atoms with Crippen LogP contribution in [0.4, 0.5) is 0 Å². The van der Waals surface area contributed by atoms with Gasteiger partial charge in [-0.15, -0.1) is 0 Å². The van der Waals surface area contributed by atoms with Crippen LogP contribution in [0.1, 0.15) is 0 Å². The Morgan fingerprint density at radius 2 is 0.969 bits per heavy atom. The highest BCUT2D eigenvalue weighted by atomic mass is 16.5. The first kappa shape index (κ1) is 20.2. The Balaban J connectivity index is 2.48. The molecule has 6 heteroatoms. The molecule has 4 rings (SSSR count). The van der Waals surface area contributed by atoms with Crippen LogP contribution in [0.15, 0.2) is 48.5 Å². The smallest absolute Gasteiger partial charge is 0.161 e. The minimum absolute atomic E-state index is 0.0481. The summed E-state index contributed by atoms with van der Waals surface area (Å²) in [5.41, 5.74) is -0.0962. The first-order valence-corrected chi connectivity index (χ1v) is 9.51. The van der Waals surface area contributed by atoms with Gasteiger partial charge < -0.3 is 9.47 Å². The molecule has 0 atom stereocenters. The Kier molecular flexibility index (Phi) is 5.06. The van der Waals surface area contributed by atoms with E-state index in [2.05, 4.69) is 0 Å². The molecule has 0 unspecified atom stereocenters. The zero-order chi connectivity index (χ0) is 22.8. The van der Waals surface area contributed by atoms with Gasteiger partial charge in [0.15, 0.2) is 11.5 Å². The molecule has 6 nitrogen and oxygen atoms in total. The van der Waals surface area contributed by atoms with Crippen LogP contribution in [0, 0.1) is 45.3 Å². The first-order chi connectivity index (χ1) is 15.6. The summed E-state index contributed by atoms with van der Waals surface area (Å²) in [6.45, 7) is 0. The van der Waals surface area contributed by atoms with Gasteiger partial charge in [0.05, 0.1) is 14.2 Å². The lowest BCUT2D eigenvalue weighted by atomic mass is 9.92. The Morgan fingerprint density at radius 3 is 1.28 bits per heavy atom. The van der Waals surface area contributed by atoms with Gasteiger partial charge in [0.1, 0.15) is 35.4 Å². The van der Waals surface area contributed by atoms with Gasteiger partial charge in [-0.3, -0.25) is 0 Å². The number of benzene rings is 4. The molecule has 32 heavy (non-hydrogen) atoms. The number of nitrogens with zero attached hydrogens (tertiary/aromatic N) is 4. The molecule has 0 aliphatic carbocycles. The van der Waals surface area contributed by atoms with Gasteiger partial charge >= 0.3 is 0 Å². The van der Waals surface area contributed by atoms with E-state index < -0.39 is 0 Å². The highest BCUT2D eigenvalue weighted by Crippen LogP contribution is 2.33. The zero-order valence-corrected chi connectivity index (χ0v) is 17.2. The number of methoxy groups -OCH3 is 2. The highest BCUT2D eigenvalue weighted by molar-refractivity contribution is 6.10. The second-order valence-electron chi connectivity index (χ2n) is 6.94. The maximum Gasteiger partial charge on any atom is 0.161 e. The molecule has 0 fully saturated rings. The quantitative estimate of drug-likeness (QED) is 0.463. The minimum Gasteiger partial charge on any atom is -0.493 e. The van der Waals surface area contributed by atoms with Gasteiger partial charge in [-0.05, 0) is 56.6 Å². The van der Waals surface area contributed by atoms with Crippen LogP contribution in [-0.4, -0.2) is 14.2 Å². The third-order valence-corrected chi connectivity index (χ3v) is 5.43. The third-order valence-electron chi connectivity index (χ3n) is 5.43. The van der Waals surface area contributed by atoms with Crippen molar-refractivity contribution in [3.8, 4) is 35.8 Å². The lowest BCUT2D eigenvalue weighted by molar-refractivity contribution is 0.356. The standard InChI is InChI=1S/C26H14N4O2/c1-31-23-9-15-7-21-22(8-16(15)10-24(23)32-2)26(18(13-29)14-30)20-6-4-3-5-19(20)25(21)17(11-27)12-28/h3-10H,1-2H3. The number of fused-ring (bicyclic) bond motifs is 3. The van der Waals surface area contributed by atoms with Crippen molar-refractivity contribution in [2.75, 3.05) is 14.2 Å². The van der Waals surface area contributed by atoms with Crippen LogP contribution in [0.2, 0.25) is 0 Å². The van der Waals surface area contributed by atoms with E-state index in [0.29, 0.717) is 43.5 Å². The van der Waals surface area contributed by atoms with Crippen molar-refractivity contribution >= 4 is 43.5 Å². The molecule has 0 spiro atoms. The van der Waals surface area contributed by atoms with Gasteiger partial charge in [0.25, 0.3) is 0 Å². The summed E-state index contributed by atoms with van der Waals surface area (Å²) in [5.74, 6) is 1.07. The van der Waals surface area contributed by atoms with Crippen LogP contribution < -0.4 is 19.9 Å². The first-order valence-electron chi connectivity index (χ1n) is 9.51. The van der Waals surface area contributed by atoms with Crippen molar-refractivity contribution < 1.29 is 9.47 Å². The second kappa shape index (κ2) is 8.00. The molecule has 0 heterocycles. The van der Waals surface area contributed by atoms with Crippen LogP contribution in [0.3, 0.4) is 0 Å². The molecule has 0 aliphatic heterocycles. The molecule has 0 radical (unpaired) electrons. The minimum atomic E-state index is -0.0481. The summed E-state index contributed by atoms with van der Waals surface area (Å²) in [6.07, 6.45) is 0. The van der Waals surface area contributed by atoms with E-state index in [9.17, 15) is 21.0 Å². The molecule has 0 aromatic heterocycles. The Morgan fingerprint density at radius 1 is 0.594 bits per heavy atom. The number of hydrogen-bond acceptors (Lipinski definition) is 6. The van der Waals surface area contributed by atoms with Crippen molar-refractivity contribution in [3.63, 3.8) is 0 Å². The van der Waals surface area contributed by atoms with E-state index in [4.69, 9.17) is 9.47 Å². The van der Waals surface area contributed by atoms with Crippen LogP contribution in [-0.2, 0) is 0 Å². The van der Waals surface area contributed by atoms with Gasteiger partial charge in [-0.1, -0.05) is 24.3 Å². The maximum absolute atomic E-state index is 9.68. The molecule has 0 saturated heterocycles. The van der Waals surface area contributed by atoms with Crippen LogP contribution in [0.25, 0.3) is 43.5 Å². The van der Waals surface area contributed by atoms with Gasteiger partial charge in [-0.25, -0.2) is 0 Å². The second-order valence-corrected chi connectivity index (χ2v) is 6.94. The molecule has 0 N–H and O–H groups in total. The average Bonchev–Trinajstić information content (AvgIpc) is 2.84. The number of hydrogen-bond donors (Lipinski definition) is 0. The number of nitriles is 4. The topological polar surface area (TPSA) is 114 Å². The fraction of sp³-hybridized carbons (Fsp3) is 0.0769. The maximum atomic E-state index is 9.68. The van der Waals surface area contributed by atoms with Crippen LogP contribution >= 0.6 is 0 Å². The average molecular weight is 414 g/mol. The summed E-state index contributed by atoms with van der Waals surface area (Å²) in [4.78, 5) is 0.